The largest absolute Gasteiger partial charge is 0.435 e. The molecule has 84 valence electrons. The van der Waals surface area contributed by atoms with Gasteiger partial charge in [0.1, 0.15) is 0 Å². The van der Waals surface area contributed by atoms with Crippen LogP contribution in [-0.4, -0.2) is 10.2 Å². The summed E-state index contributed by atoms with van der Waals surface area (Å²) in [5.41, 5.74) is 0.350. The molecule has 2 rings (SSSR count). The van der Waals surface area contributed by atoms with Crippen LogP contribution in [0.3, 0.4) is 0 Å². The summed E-state index contributed by atoms with van der Waals surface area (Å²) in [7, 11) is 0. The monoisotopic (exact) mass is 218 g/mol. The predicted molar refractivity (Wildman–Crippen MR) is 49.4 cm³/mol. The third kappa shape index (κ3) is 1.87. The van der Waals surface area contributed by atoms with Crippen molar-refractivity contribution in [2.24, 2.45) is 5.92 Å². The number of aromatic nitrogens is 2. The number of halogens is 3. The Bertz CT molecular complexity index is 354. The minimum absolute atomic E-state index is 0.371. The summed E-state index contributed by atoms with van der Waals surface area (Å²) in [6, 6.07) is 0. The van der Waals surface area contributed by atoms with Crippen molar-refractivity contribution >= 4 is 0 Å². The van der Waals surface area contributed by atoms with Crippen LogP contribution < -0.4 is 0 Å². The van der Waals surface area contributed by atoms with E-state index in [-0.39, 0.29) is 0 Å². The molecule has 15 heavy (non-hydrogen) atoms. The number of hydrogen-bond acceptors (Lipinski definition) is 1. The Morgan fingerprint density at radius 2 is 2.20 bits per heavy atom. The Morgan fingerprint density at radius 3 is 2.80 bits per heavy atom. The molecule has 0 saturated carbocycles. The van der Waals surface area contributed by atoms with Crippen LogP contribution in [0.25, 0.3) is 0 Å². The van der Waals surface area contributed by atoms with Gasteiger partial charge in [-0.2, -0.15) is 18.3 Å². The number of nitrogens with one attached hydrogen (secondary N) is 1. The molecule has 1 aromatic rings. The van der Waals surface area contributed by atoms with E-state index in [0.29, 0.717) is 30.0 Å². The highest BCUT2D eigenvalue weighted by Crippen LogP contribution is 2.36. The highest BCUT2D eigenvalue weighted by atomic mass is 19.4. The molecule has 0 aliphatic heterocycles. The van der Waals surface area contributed by atoms with Crippen molar-refractivity contribution in [2.45, 2.75) is 38.8 Å². The average molecular weight is 218 g/mol. The standard InChI is InChI=1S/C10H13F3N2/c1-2-6-3-4-8-7(5-6)9(15-14-8)10(11,12)13/h6H,2-5H2,1H3,(H,14,15). The second-order valence-electron chi connectivity index (χ2n) is 4.04. The Morgan fingerprint density at radius 1 is 1.47 bits per heavy atom. The molecule has 1 aromatic heterocycles. The second-order valence-corrected chi connectivity index (χ2v) is 4.04. The first-order chi connectivity index (χ1) is 7.02. The zero-order chi connectivity index (χ0) is 11.1. The third-order valence-corrected chi connectivity index (χ3v) is 3.09. The van der Waals surface area contributed by atoms with Crippen LogP contribution in [-0.2, 0) is 19.0 Å². The Labute approximate surface area is 85.9 Å². The van der Waals surface area contributed by atoms with Gasteiger partial charge in [-0.15, -0.1) is 0 Å². The number of H-pyrrole nitrogens is 1. The van der Waals surface area contributed by atoms with Crippen molar-refractivity contribution in [1.29, 1.82) is 0 Å². The molecule has 1 heterocycles. The second kappa shape index (κ2) is 3.54. The lowest BCUT2D eigenvalue weighted by atomic mass is 9.85. The Hall–Kier alpha value is -1.00. The SMILES string of the molecule is CCC1CCc2[nH]nc(C(F)(F)F)c2C1. The van der Waals surface area contributed by atoms with Gasteiger partial charge >= 0.3 is 6.18 Å². The number of aromatic amines is 1. The normalized spacial score (nSPS) is 21.5. The van der Waals surface area contributed by atoms with Gasteiger partial charge in [0.05, 0.1) is 0 Å². The maximum Gasteiger partial charge on any atom is 0.435 e. The van der Waals surface area contributed by atoms with Crippen LogP contribution >= 0.6 is 0 Å². The minimum atomic E-state index is -4.32. The molecule has 2 nitrogen and oxygen atoms in total. The predicted octanol–water partition coefficient (Wildman–Crippen LogP) is 2.94. The van der Waals surface area contributed by atoms with Crippen molar-refractivity contribution in [3.05, 3.63) is 17.0 Å². The first kappa shape index (κ1) is 10.5. The fourth-order valence-corrected chi connectivity index (χ4v) is 2.15. The van der Waals surface area contributed by atoms with Gasteiger partial charge in [0.2, 0.25) is 0 Å². The van der Waals surface area contributed by atoms with Crippen molar-refractivity contribution in [3.8, 4) is 0 Å². The van der Waals surface area contributed by atoms with Gasteiger partial charge in [0.15, 0.2) is 5.69 Å². The third-order valence-electron chi connectivity index (χ3n) is 3.09. The fourth-order valence-electron chi connectivity index (χ4n) is 2.15. The van der Waals surface area contributed by atoms with Crippen molar-refractivity contribution in [2.75, 3.05) is 0 Å². The van der Waals surface area contributed by atoms with E-state index in [4.69, 9.17) is 0 Å². The van der Waals surface area contributed by atoms with E-state index in [1.54, 1.807) is 0 Å². The molecule has 1 unspecified atom stereocenters. The Kier molecular flexibility index (Phi) is 2.48. The number of rotatable bonds is 1. The smallest absolute Gasteiger partial charge is 0.282 e. The summed E-state index contributed by atoms with van der Waals surface area (Å²) in [5.74, 6) is 0.371. The number of alkyl halides is 3. The van der Waals surface area contributed by atoms with E-state index >= 15 is 0 Å². The maximum atomic E-state index is 12.6. The Balaban J connectivity index is 2.34. The van der Waals surface area contributed by atoms with Crippen LogP contribution in [0.2, 0.25) is 0 Å². The van der Waals surface area contributed by atoms with Gasteiger partial charge in [-0.05, 0) is 25.2 Å². The van der Waals surface area contributed by atoms with Crippen LogP contribution in [0.1, 0.15) is 36.7 Å². The lowest BCUT2D eigenvalue weighted by Crippen LogP contribution is -2.16. The minimum Gasteiger partial charge on any atom is -0.282 e. The number of nitrogens with zero attached hydrogens (tertiary/aromatic N) is 1. The molecule has 1 N–H and O–H groups in total. The van der Waals surface area contributed by atoms with Crippen LogP contribution in [0, 0.1) is 5.92 Å². The van der Waals surface area contributed by atoms with Crippen LogP contribution in [0.15, 0.2) is 0 Å². The molecule has 0 bridgehead atoms. The molecule has 0 saturated heterocycles. The molecule has 0 fully saturated rings. The van der Waals surface area contributed by atoms with Gasteiger partial charge in [-0.25, -0.2) is 0 Å². The van der Waals surface area contributed by atoms with E-state index in [1.165, 1.54) is 0 Å². The quantitative estimate of drug-likeness (QED) is 0.771. The molecule has 1 aliphatic rings. The summed E-state index contributed by atoms with van der Waals surface area (Å²) >= 11 is 0. The lowest BCUT2D eigenvalue weighted by molar-refractivity contribution is -0.141. The summed E-state index contributed by atoms with van der Waals surface area (Å²) in [6.07, 6.45) is -1.22. The van der Waals surface area contributed by atoms with Gasteiger partial charge < -0.3 is 0 Å². The fraction of sp³-hybridized carbons (Fsp3) is 0.700. The molecular weight excluding hydrogens is 205 g/mol. The van der Waals surface area contributed by atoms with E-state index in [2.05, 4.69) is 10.2 Å². The van der Waals surface area contributed by atoms with E-state index in [9.17, 15) is 13.2 Å². The molecule has 0 spiro atoms. The van der Waals surface area contributed by atoms with Gasteiger partial charge in [-0.1, -0.05) is 13.3 Å². The van der Waals surface area contributed by atoms with Crippen LogP contribution in [0.4, 0.5) is 13.2 Å². The number of fused-ring (bicyclic) bond motifs is 1. The summed E-state index contributed by atoms with van der Waals surface area (Å²) in [4.78, 5) is 0. The van der Waals surface area contributed by atoms with E-state index in [0.717, 1.165) is 12.8 Å². The van der Waals surface area contributed by atoms with E-state index in [1.807, 2.05) is 6.92 Å². The maximum absolute atomic E-state index is 12.6. The molecule has 0 aromatic carbocycles. The highest BCUT2D eigenvalue weighted by molar-refractivity contribution is 5.30. The van der Waals surface area contributed by atoms with E-state index < -0.39 is 11.9 Å². The topological polar surface area (TPSA) is 28.7 Å². The average Bonchev–Trinajstić information content (AvgIpc) is 2.59. The highest BCUT2D eigenvalue weighted by Gasteiger charge is 2.39. The number of hydrogen-bond donors (Lipinski definition) is 1. The first-order valence-corrected chi connectivity index (χ1v) is 5.15. The van der Waals surface area contributed by atoms with Gasteiger partial charge in [-0.3, -0.25) is 5.10 Å². The molecular formula is C10H13F3N2. The number of aryl methyl sites for hydroxylation is 1. The molecule has 1 aliphatic carbocycles. The van der Waals surface area contributed by atoms with Gasteiger partial charge in [0, 0.05) is 11.3 Å². The molecule has 0 radical (unpaired) electrons. The summed E-state index contributed by atoms with van der Waals surface area (Å²) in [6.45, 7) is 2.02. The van der Waals surface area contributed by atoms with Crippen LogP contribution in [0.5, 0.6) is 0 Å². The molecule has 5 heteroatoms. The lowest BCUT2D eigenvalue weighted by Gasteiger charge is -2.21. The summed E-state index contributed by atoms with van der Waals surface area (Å²) < 4.78 is 37.7. The van der Waals surface area contributed by atoms with Crippen molar-refractivity contribution in [3.63, 3.8) is 0 Å². The molecule has 1 atom stereocenters. The van der Waals surface area contributed by atoms with Gasteiger partial charge in [0.25, 0.3) is 0 Å². The van der Waals surface area contributed by atoms with Crippen molar-refractivity contribution < 1.29 is 13.2 Å². The van der Waals surface area contributed by atoms with Crippen molar-refractivity contribution in [1.82, 2.24) is 10.2 Å². The zero-order valence-corrected chi connectivity index (χ0v) is 8.49. The molecule has 0 amide bonds. The zero-order valence-electron chi connectivity index (χ0n) is 8.49. The first-order valence-electron chi connectivity index (χ1n) is 5.15. The summed E-state index contributed by atoms with van der Waals surface area (Å²) in [5, 5.41) is 5.90.